The molecular weight excluding hydrogens is 368 g/mol. The van der Waals surface area contributed by atoms with Crippen molar-refractivity contribution in [1.29, 1.82) is 0 Å². The highest BCUT2D eigenvalue weighted by atomic mass is 16.2. The summed E-state index contributed by atoms with van der Waals surface area (Å²) in [7, 11) is 0. The Kier molecular flexibility index (Phi) is 6.33. The van der Waals surface area contributed by atoms with E-state index in [0.29, 0.717) is 30.2 Å². The van der Waals surface area contributed by atoms with E-state index < -0.39 is 0 Å². The molecule has 0 unspecified atom stereocenters. The van der Waals surface area contributed by atoms with Crippen LogP contribution in [0.2, 0.25) is 0 Å². The standard InChI is InChI=1S/C21H24N6O2/c1-4-26(5-2)21(29)17-10-12-18(13-11-17)22-19(28)14-27-24-20(23-25-27)16-8-6-15(3)7-9-16/h6-13H,4-5,14H2,1-3H3,(H,22,28). The van der Waals surface area contributed by atoms with Gasteiger partial charge in [0.15, 0.2) is 0 Å². The summed E-state index contributed by atoms with van der Waals surface area (Å²) in [5.41, 5.74) is 3.18. The van der Waals surface area contributed by atoms with E-state index >= 15 is 0 Å². The van der Waals surface area contributed by atoms with Crippen LogP contribution in [0.3, 0.4) is 0 Å². The van der Waals surface area contributed by atoms with Gasteiger partial charge in [0.1, 0.15) is 6.54 Å². The number of hydrogen-bond donors (Lipinski definition) is 1. The van der Waals surface area contributed by atoms with Crippen molar-refractivity contribution in [3.05, 3.63) is 59.7 Å². The van der Waals surface area contributed by atoms with Crippen LogP contribution in [0.5, 0.6) is 0 Å². The van der Waals surface area contributed by atoms with Crippen LogP contribution in [0.25, 0.3) is 11.4 Å². The molecule has 1 heterocycles. The summed E-state index contributed by atoms with van der Waals surface area (Å²) in [5.74, 6) is 0.168. The fraction of sp³-hybridized carbons (Fsp3) is 0.286. The first-order valence-electron chi connectivity index (χ1n) is 9.54. The fourth-order valence-electron chi connectivity index (χ4n) is 2.85. The highest BCUT2D eigenvalue weighted by molar-refractivity contribution is 5.95. The molecule has 0 aliphatic rings. The first kappa shape index (κ1) is 20.2. The van der Waals surface area contributed by atoms with Crippen molar-refractivity contribution in [1.82, 2.24) is 25.1 Å². The number of nitrogens with one attached hydrogen (secondary N) is 1. The summed E-state index contributed by atoms with van der Waals surface area (Å²) in [6, 6.07) is 14.6. The molecule has 0 saturated carbocycles. The van der Waals surface area contributed by atoms with Crippen LogP contribution in [0.15, 0.2) is 48.5 Å². The molecule has 3 rings (SSSR count). The van der Waals surface area contributed by atoms with Crippen LogP contribution in [0.4, 0.5) is 5.69 Å². The average Bonchev–Trinajstić information content (AvgIpc) is 3.18. The van der Waals surface area contributed by atoms with Gasteiger partial charge in [0.2, 0.25) is 11.7 Å². The van der Waals surface area contributed by atoms with E-state index in [4.69, 9.17) is 0 Å². The topological polar surface area (TPSA) is 93.0 Å². The number of hydrogen-bond acceptors (Lipinski definition) is 5. The third kappa shape index (κ3) is 5.04. The number of tetrazole rings is 1. The summed E-state index contributed by atoms with van der Waals surface area (Å²) in [5, 5.41) is 15.0. The number of aryl methyl sites for hydroxylation is 1. The minimum absolute atomic E-state index is 0.0247. The zero-order valence-electron chi connectivity index (χ0n) is 16.8. The van der Waals surface area contributed by atoms with E-state index in [2.05, 4.69) is 20.7 Å². The summed E-state index contributed by atoms with van der Waals surface area (Å²) in [6.45, 7) is 7.15. The van der Waals surface area contributed by atoms with E-state index in [0.717, 1.165) is 11.1 Å². The lowest BCUT2D eigenvalue weighted by molar-refractivity contribution is -0.117. The Morgan fingerprint density at radius 3 is 2.28 bits per heavy atom. The number of carbonyl (C=O) groups is 2. The van der Waals surface area contributed by atoms with Gasteiger partial charge in [-0.2, -0.15) is 4.80 Å². The van der Waals surface area contributed by atoms with Crippen molar-refractivity contribution in [2.24, 2.45) is 0 Å². The van der Waals surface area contributed by atoms with Gasteiger partial charge in [0.05, 0.1) is 0 Å². The SMILES string of the molecule is CCN(CC)C(=O)c1ccc(NC(=O)Cn2nnc(-c3ccc(C)cc3)n2)cc1. The molecule has 0 atom stereocenters. The third-order valence-electron chi connectivity index (χ3n) is 4.51. The molecule has 0 aliphatic heterocycles. The molecule has 3 aromatic rings. The average molecular weight is 392 g/mol. The second-order valence-electron chi connectivity index (χ2n) is 6.61. The number of amides is 2. The van der Waals surface area contributed by atoms with Crippen LogP contribution in [-0.2, 0) is 11.3 Å². The Balaban J connectivity index is 1.60. The predicted molar refractivity (Wildman–Crippen MR) is 110 cm³/mol. The monoisotopic (exact) mass is 392 g/mol. The molecule has 0 fully saturated rings. The van der Waals surface area contributed by atoms with E-state index in [-0.39, 0.29) is 18.4 Å². The van der Waals surface area contributed by atoms with Crippen molar-refractivity contribution >= 4 is 17.5 Å². The largest absolute Gasteiger partial charge is 0.339 e. The number of rotatable bonds is 7. The molecule has 8 heteroatoms. The van der Waals surface area contributed by atoms with Gasteiger partial charge in [0, 0.05) is 29.9 Å². The van der Waals surface area contributed by atoms with E-state index in [9.17, 15) is 9.59 Å². The summed E-state index contributed by atoms with van der Waals surface area (Å²) in [4.78, 5) is 27.6. The second kappa shape index (κ2) is 9.09. The van der Waals surface area contributed by atoms with Crippen LogP contribution in [0, 0.1) is 6.92 Å². The molecule has 0 spiro atoms. The Morgan fingerprint density at radius 2 is 1.66 bits per heavy atom. The maximum Gasteiger partial charge on any atom is 0.253 e. The number of carbonyl (C=O) groups excluding carboxylic acids is 2. The Hall–Kier alpha value is -3.55. The van der Waals surface area contributed by atoms with Crippen molar-refractivity contribution < 1.29 is 9.59 Å². The van der Waals surface area contributed by atoms with Crippen LogP contribution >= 0.6 is 0 Å². The molecule has 150 valence electrons. The summed E-state index contributed by atoms with van der Waals surface area (Å²) >= 11 is 0. The maximum atomic E-state index is 12.3. The maximum absolute atomic E-state index is 12.3. The van der Waals surface area contributed by atoms with Gasteiger partial charge in [-0.1, -0.05) is 29.8 Å². The number of aromatic nitrogens is 4. The van der Waals surface area contributed by atoms with E-state index in [1.54, 1.807) is 29.2 Å². The molecule has 0 saturated heterocycles. The first-order valence-corrected chi connectivity index (χ1v) is 9.54. The fourth-order valence-corrected chi connectivity index (χ4v) is 2.85. The second-order valence-corrected chi connectivity index (χ2v) is 6.61. The quantitative estimate of drug-likeness (QED) is 0.667. The first-order chi connectivity index (χ1) is 14.0. The molecule has 1 N–H and O–H groups in total. The van der Waals surface area contributed by atoms with Crippen molar-refractivity contribution in [3.8, 4) is 11.4 Å². The van der Waals surface area contributed by atoms with Gasteiger partial charge in [-0.15, -0.1) is 10.2 Å². The highest BCUT2D eigenvalue weighted by Gasteiger charge is 2.13. The highest BCUT2D eigenvalue weighted by Crippen LogP contribution is 2.14. The number of anilines is 1. The molecule has 0 aliphatic carbocycles. The zero-order chi connectivity index (χ0) is 20.8. The van der Waals surface area contributed by atoms with Crippen LogP contribution < -0.4 is 5.32 Å². The Morgan fingerprint density at radius 1 is 1.00 bits per heavy atom. The molecule has 0 bridgehead atoms. The summed E-state index contributed by atoms with van der Waals surface area (Å²) < 4.78 is 0. The zero-order valence-corrected chi connectivity index (χ0v) is 16.8. The van der Waals surface area contributed by atoms with Crippen molar-refractivity contribution in [3.63, 3.8) is 0 Å². The van der Waals surface area contributed by atoms with Gasteiger partial charge < -0.3 is 10.2 Å². The molecule has 0 radical (unpaired) electrons. The lowest BCUT2D eigenvalue weighted by Gasteiger charge is -2.18. The predicted octanol–water partition coefficient (Wildman–Crippen LogP) is 2.77. The Bertz CT molecular complexity index is 975. The molecular formula is C21H24N6O2. The lowest BCUT2D eigenvalue weighted by Crippen LogP contribution is -2.30. The molecule has 8 nitrogen and oxygen atoms in total. The summed E-state index contributed by atoms with van der Waals surface area (Å²) in [6.07, 6.45) is 0. The number of nitrogens with zero attached hydrogens (tertiary/aromatic N) is 5. The van der Waals surface area contributed by atoms with Gasteiger partial charge in [-0.25, -0.2) is 0 Å². The van der Waals surface area contributed by atoms with Crippen molar-refractivity contribution in [2.75, 3.05) is 18.4 Å². The van der Waals surface area contributed by atoms with Crippen LogP contribution in [0.1, 0.15) is 29.8 Å². The van der Waals surface area contributed by atoms with E-state index in [1.807, 2.05) is 45.0 Å². The molecule has 2 aromatic carbocycles. The molecule has 29 heavy (non-hydrogen) atoms. The van der Waals surface area contributed by atoms with Crippen LogP contribution in [-0.4, -0.2) is 50.0 Å². The van der Waals surface area contributed by atoms with E-state index in [1.165, 1.54) is 4.80 Å². The number of benzene rings is 2. The van der Waals surface area contributed by atoms with Gasteiger partial charge in [-0.05, 0) is 50.3 Å². The van der Waals surface area contributed by atoms with Gasteiger partial charge in [0.25, 0.3) is 5.91 Å². The van der Waals surface area contributed by atoms with Gasteiger partial charge in [-0.3, -0.25) is 9.59 Å². The minimum Gasteiger partial charge on any atom is -0.339 e. The van der Waals surface area contributed by atoms with Crippen molar-refractivity contribution in [2.45, 2.75) is 27.3 Å². The third-order valence-corrected chi connectivity index (χ3v) is 4.51. The Labute approximate surface area is 169 Å². The normalized spacial score (nSPS) is 10.6. The minimum atomic E-state index is -0.277. The van der Waals surface area contributed by atoms with Gasteiger partial charge >= 0.3 is 0 Å². The molecule has 1 aromatic heterocycles. The smallest absolute Gasteiger partial charge is 0.253 e. The molecule has 2 amide bonds. The lowest BCUT2D eigenvalue weighted by atomic mass is 10.1.